The van der Waals surface area contributed by atoms with Gasteiger partial charge in [0, 0.05) is 0 Å². The number of aromatic hydroxyl groups is 1. The molecule has 0 aliphatic heterocycles. The first-order valence-corrected chi connectivity index (χ1v) is 8.41. The molecule has 1 aromatic carbocycles. The molecule has 3 aromatic rings. The standard InChI is InChI=1S/C19H14N2O3S/c1-12-14(10-20)18(23)21(11-13-6-3-2-4-7-13)19(24)16(12)17(22)15-8-5-9-25-15/h2-9,24H,11H2,1H3. The molecule has 6 heteroatoms. The third kappa shape index (κ3) is 2.97. The Bertz CT molecular complexity index is 1030. The van der Waals surface area contributed by atoms with E-state index in [0.717, 1.165) is 10.1 Å². The minimum Gasteiger partial charge on any atom is -0.494 e. The second-order valence-corrected chi connectivity index (χ2v) is 6.44. The van der Waals surface area contributed by atoms with Crippen LogP contribution in [0.4, 0.5) is 0 Å². The zero-order chi connectivity index (χ0) is 18.0. The fourth-order valence-electron chi connectivity index (χ4n) is 2.67. The molecule has 5 nitrogen and oxygen atoms in total. The second-order valence-electron chi connectivity index (χ2n) is 5.49. The Morgan fingerprint density at radius 3 is 2.56 bits per heavy atom. The number of ketones is 1. The molecule has 0 fully saturated rings. The van der Waals surface area contributed by atoms with Gasteiger partial charge in [-0.1, -0.05) is 36.4 Å². The van der Waals surface area contributed by atoms with Gasteiger partial charge in [0.25, 0.3) is 5.56 Å². The van der Waals surface area contributed by atoms with Gasteiger partial charge in [-0.2, -0.15) is 5.26 Å². The quantitative estimate of drug-likeness (QED) is 0.733. The maximum absolute atomic E-state index is 12.8. The fraction of sp³-hybridized carbons (Fsp3) is 0.105. The van der Waals surface area contributed by atoms with Gasteiger partial charge in [0.1, 0.15) is 11.6 Å². The number of hydrogen-bond acceptors (Lipinski definition) is 5. The van der Waals surface area contributed by atoms with Gasteiger partial charge >= 0.3 is 0 Å². The van der Waals surface area contributed by atoms with Crippen LogP contribution in [-0.4, -0.2) is 15.5 Å². The summed E-state index contributed by atoms with van der Waals surface area (Å²) in [6.07, 6.45) is 0. The molecule has 0 aliphatic rings. The first kappa shape index (κ1) is 16.7. The summed E-state index contributed by atoms with van der Waals surface area (Å²) in [5.74, 6) is -0.813. The molecule has 0 saturated carbocycles. The summed E-state index contributed by atoms with van der Waals surface area (Å²) in [7, 11) is 0. The average molecular weight is 350 g/mol. The summed E-state index contributed by atoms with van der Waals surface area (Å²) in [5, 5.41) is 21.8. The van der Waals surface area contributed by atoms with Gasteiger partial charge in [0.2, 0.25) is 11.7 Å². The summed E-state index contributed by atoms with van der Waals surface area (Å²) in [6.45, 7) is 1.58. The van der Waals surface area contributed by atoms with E-state index in [1.165, 1.54) is 18.3 Å². The van der Waals surface area contributed by atoms with Crippen molar-refractivity contribution in [3.05, 3.63) is 85.3 Å². The number of nitrogens with zero attached hydrogens (tertiary/aromatic N) is 2. The molecule has 0 atom stereocenters. The van der Waals surface area contributed by atoms with Crippen molar-refractivity contribution in [1.29, 1.82) is 5.26 Å². The molecule has 0 amide bonds. The lowest BCUT2D eigenvalue weighted by atomic mass is 10.0. The van der Waals surface area contributed by atoms with Crippen molar-refractivity contribution >= 4 is 17.1 Å². The first-order valence-electron chi connectivity index (χ1n) is 7.53. The molecule has 2 heterocycles. The molecule has 0 radical (unpaired) electrons. The van der Waals surface area contributed by atoms with Crippen LogP contribution in [0.3, 0.4) is 0 Å². The Morgan fingerprint density at radius 1 is 1.24 bits per heavy atom. The van der Waals surface area contributed by atoms with Crippen LogP contribution in [-0.2, 0) is 6.54 Å². The molecular formula is C19H14N2O3S. The lowest BCUT2D eigenvalue weighted by Crippen LogP contribution is -2.27. The molecule has 0 bridgehead atoms. The van der Waals surface area contributed by atoms with Crippen molar-refractivity contribution < 1.29 is 9.90 Å². The van der Waals surface area contributed by atoms with Gasteiger partial charge in [-0.05, 0) is 29.5 Å². The summed E-state index contributed by atoms with van der Waals surface area (Å²) >= 11 is 1.24. The fourth-order valence-corrected chi connectivity index (χ4v) is 3.34. The van der Waals surface area contributed by atoms with Gasteiger partial charge in [-0.25, -0.2) is 0 Å². The number of carbonyl (C=O) groups excluding carboxylic acids is 1. The normalized spacial score (nSPS) is 10.4. The number of hydrogen-bond donors (Lipinski definition) is 1. The van der Waals surface area contributed by atoms with Crippen molar-refractivity contribution in [3.8, 4) is 11.9 Å². The molecule has 124 valence electrons. The highest BCUT2D eigenvalue weighted by Crippen LogP contribution is 2.27. The molecule has 25 heavy (non-hydrogen) atoms. The number of carbonyl (C=O) groups is 1. The number of pyridine rings is 1. The van der Waals surface area contributed by atoms with E-state index >= 15 is 0 Å². The molecule has 0 aliphatic carbocycles. The van der Waals surface area contributed by atoms with E-state index in [0.29, 0.717) is 4.88 Å². The highest BCUT2D eigenvalue weighted by molar-refractivity contribution is 7.12. The van der Waals surface area contributed by atoms with Crippen LogP contribution in [0.25, 0.3) is 0 Å². The minimum atomic E-state index is -0.607. The van der Waals surface area contributed by atoms with E-state index in [2.05, 4.69) is 0 Å². The molecular weight excluding hydrogens is 336 g/mol. The van der Waals surface area contributed by atoms with E-state index in [-0.39, 0.29) is 23.2 Å². The van der Waals surface area contributed by atoms with Gasteiger partial charge in [-0.3, -0.25) is 14.2 Å². The van der Waals surface area contributed by atoms with E-state index < -0.39 is 17.2 Å². The molecule has 0 spiro atoms. The lowest BCUT2D eigenvalue weighted by Gasteiger charge is -2.15. The predicted octanol–water partition coefficient (Wildman–Crippen LogP) is 3.07. The molecule has 1 N–H and O–H groups in total. The number of benzene rings is 1. The van der Waals surface area contributed by atoms with Crippen molar-refractivity contribution in [2.24, 2.45) is 0 Å². The lowest BCUT2D eigenvalue weighted by molar-refractivity contribution is 0.103. The number of nitriles is 1. The van der Waals surface area contributed by atoms with E-state index in [1.807, 2.05) is 24.3 Å². The highest BCUT2D eigenvalue weighted by atomic mass is 32.1. The van der Waals surface area contributed by atoms with Crippen LogP contribution < -0.4 is 5.56 Å². The Labute approximate surface area is 148 Å². The molecule has 2 aromatic heterocycles. The van der Waals surface area contributed by atoms with Crippen LogP contribution in [0.2, 0.25) is 0 Å². The second kappa shape index (κ2) is 6.75. The Kier molecular flexibility index (Phi) is 4.50. The largest absolute Gasteiger partial charge is 0.494 e. The average Bonchev–Trinajstić information content (AvgIpc) is 3.14. The summed E-state index contributed by atoms with van der Waals surface area (Å²) in [4.78, 5) is 25.8. The summed E-state index contributed by atoms with van der Waals surface area (Å²) < 4.78 is 1.07. The minimum absolute atomic E-state index is 0.00506. The summed E-state index contributed by atoms with van der Waals surface area (Å²) in [6, 6.07) is 14.3. The summed E-state index contributed by atoms with van der Waals surface area (Å²) in [5.41, 5.74) is 0.238. The maximum atomic E-state index is 12.8. The van der Waals surface area contributed by atoms with Crippen LogP contribution in [0.1, 0.15) is 31.9 Å². The maximum Gasteiger partial charge on any atom is 0.271 e. The van der Waals surface area contributed by atoms with E-state index in [1.54, 1.807) is 29.6 Å². The zero-order valence-electron chi connectivity index (χ0n) is 13.4. The Morgan fingerprint density at radius 2 is 1.96 bits per heavy atom. The van der Waals surface area contributed by atoms with Crippen molar-refractivity contribution in [1.82, 2.24) is 4.57 Å². The predicted molar refractivity (Wildman–Crippen MR) is 95.1 cm³/mol. The Hall–Kier alpha value is -3.17. The van der Waals surface area contributed by atoms with Crippen molar-refractivity contribution in [2.45, 2.75) is 13.5 Å². The van der Waals surface area contributed by atoms with Crippen LogP contribution in [0.15, 0.2) is 52.6 Å². The first-order chi connectivity index (χ1) is 12.0. The van der Waals surface area contributed by atoms with E-state index in [9.17, 15) is 20.0 Å². The number of thiophene rings is 1. The van der Waals surface area contributed by atoms with Crippen LogP contribution in [0, 0.1) is 18.3 Å². The van der Waals surface area contributed by atoms with Crippen LogP contribution >= 0.6 is 11.3 Å². The number of aromatic nitrogens is 1. The van der Waals surface area contributed by atoms with Crippen LogP contribution in [0.5, 0.6) is 5.88 Å². The van der Waals surface area contributed by atoms with E-state index in [4.69, 9.17) is 0 Å². The smallest absolute Gasteiger partial charge is 0.271 e. The Balaban J connectivity index is 2.23. The molecule has 0 unspecified atom stereocenters. The zero-order valence-corrected chi connectivity index (χ0v) is 14.2. The molecule has 3 rings (SSSR count). The van der Waals surface area contributed by atoms with Gasteiger partial charge in [-0.15, -0.1) is 11.3 Å². The highest BCUT2D eigenvalue weighted by Gasteiger charge is 2.25. The van der Waals surface area contributed by atoms with Gasteiger partial charge in [0.05, 0.1) is 17.0 Å². The van der Waals surface area contributed by atoms with Crippen molar-refractivity contribution in [2.75, 3.05) is 0 Å². The number of rotatable bonds is 4. The third-order valence-electron chi connectivity index (χ3n) is 3.96. The molecule has 0 saturated heterocycles. The third-order valence-corrected chi connectivity index (χ3v) is 4.82. The van der Waals surface area contributed by atoms with Gasteiger partial charge in [0.15, 0.2) is 0 Å². The van der Waals surface area contributed by atoms with Gasteiger partial charge < -0.3 is 5.11 Å². The topological polar surface area (TPSA) is 83.1 Å². The SMILES string of the molecule is Cc1c(C(=O)c2cccs2)c(O)n(Cc2ccccc2)c(=O)c1C#N. The van der Waals surface area contributed by atoms with Crippen molar-refractivity contribution in [3.63, 3.8) is 0 Å². The monoisotopic (exact) mass is 350 g/mol.